The number of aromatic nitrogens is 2. The van der Waals surface area contributed by atoms with E-state index in [0.29, 0.717) is 5.01 Å². The normalized spacial score (nSPS) is 12.0. The van der Waals surface area contributed by atoms with Crippen LogP contribution in [0.25, 0.3) is 0 Å². The van der Waals surface area contributed by atoms with Gasteiger partial charge in [0.25, 0.3) is 0 Å². The molecule has 0 spiro atoms. The molecule has 0 aliphatic heterocycles. The minimum absolute atomic E-state index is 0.0376. The Morgan fingerprint density at radius 3 is 1.24 bits per heavy atom. The Bertz CT molecular complexity index is 895. The van der Waals surface area contributed by atoms with Crippen LogP contribution in [0.1, 0.15) is 140 Å². The Hall–Kier alpha value is 0.387. The molecule has 0 atom stereocenters. The van der Waals surface area contributed by atoms with Gasteiger partial charge >= 0.3 is 269 Å². The maximum absolute atomic E-state index is 12.9. The van der Waals surface area contributed by atoms with E-state index in [-0.39, 0.29) is 5.01 Å². The molecule has 0 saturated carbocycles. The van der Waals surface area contributed by atoms with E-state index in [1.54, 1.807) is 11.3 Å². The zero-order valence-electron chi connectivity index (χ0n) is 26.9. The first-order valence-corrected chi connectivity index (χ1v) is 33.2. The van der Waals surface area contributed by atoms with Crippen molar-refractivity contribution in [3.63, 3.8) is 0 Å². The van der Waals surface area contributed by atoms with Gasteiger partial charge < -0.3 is 0 Å². The van der Waals surface area contributed by atoms with E-state index in [0.717, 1.165) is 10.00 Å². The molecule has 0 bridgehead atoms. The zero-order chi connectivity index (χ0) is 30.6. The van der Waals surface area contributed by atoms with Crippen LogP contribution in [0.3, 0.4) is 0 Å². The number of alkyl halides is 2. The van der Waals surface area contributed by atoms with Crippen LogP contribution in [-0.2, 0) is 0 Å². The van der Waals surface area contributed by atoms with Gasteiger partial charge in [0.2, 0.25) is 0 Å². The monoisotopic (exact) mass is 828 g/mol. The summed E-state index contributed by atoms with van der Waals surface area (Å²) in [4.78, 5) is 20.1. The first-order valence-electron chi connectivity index (χ1n) is 16.5. The number of carbonyl (C=O) groups is 1. The molecule has 236 valence electrons. The fourth-order valence-electron chi connectivity index (χ4n) is 5.83. The van der Waals surface area contributed by atoms with Gasteiger partial charge in [-0.2, -0.15) is 0 Å². The van der Waals surface area contributed by atoms with Crippen molar-refractivity contribution in [1.82, 2.24) is 9.97 Å². The summed E-state index contributed by atoms with van der Waals surface area (Å²) in [6.45, 7) is 13.5. The zero-order valence-corrected chi connectivity index (χ0v) is 34.3. The topological polar surface area (TPSA) is 42.9 Å². The number of thiazole rings is 2. The summed E-state index contributed by atoms with van der Waals surface area (Å²) in [6, 6.07) is 0. The summed E-state index contributed by atoms with van der Waals surface area (Å²) in [5.41, 5.74) is 0. The SMILES string of the molecule is CCC[CH2][Sn]([CH2]CCC)([CH2]CCC)[c]1csc(C(F)F)n1.CCC[CH2][Sn]([CH2]CCC)([CH2]CCC)[c]1csc(C=O)n1. The van der Waals surface area contributed by atoms with Crippen LogP contribution in [0.4, 0.5) is 8.78 Å². The van der Waals surface area contributed by atoms with Crippen LogP contribution in [-0.4, -0.2) is 53.0 Å². The summed E-state index contributed by atoms with van der Waals surface area (Å²) < 4.78 is 36.5. The van der Waals surface area contributed by atoms with Gasteiger partial charge in [0, 0.05) is 0 Å². The molecule has 2 rings (SSSR count). The molecule has 2 aromatic rings. The number of nitrogens with zero attached hydrogens (tertiary/aromatic N) is 2. The molecule has 41 heavy (non-hydrogen) atoms. The molecule has 0 radical (unpaired) electrons. The molecule has 0 aliphatic rings. The Kier molecular flexibility index (Phi) is 21.9. The standard InChI is InChI=1S/C4H2F2NS.C4H2NOS.6C4H9.2Sn/c5-3(6)4-7-1-2-8-4;6-3-4-5-1-2-7-4;6*1-3-4-2;;/h2-3H;2-3H;6*1,3-4H2,2H3;;. The number of hydrogen-bond donors (Lipinski definition) is 0. The summed E-state index contributed by atoms with van der Waals surface area (Å²) in [5, 5.41) is 4.93. The van der Waals surface area contributed by atoms with E-state index >= 15 is 0 Å². The molecule has 0 fully saturated rings. The molecule has 0 saturated heterocycles. The van der Waals surface area contributed by atoms with Crippen molar-refractivity contribution in [2.24, 2.45) is 0 Å². The second-order valence-electron chi connectivity index (χ2n) is 11.7. The van der Waals surface area contributed by atoms with Crippen LogP contribution in [0.2, 0.25) is 26.6 Å². The number of rotatable bonds is 22. The maximum atomic E-state index is 12.9. The predicted molar refractivity (Wildman–Crippen MR) is 184 cm³/mol. The summed E-state index contributed by atoms with van der Waals surface area (Å²) in [6.07, 6.45) is 13.7. The van der Waals surface area contributed by atoms with E-state index in [4.69, 9.17) is 4.98 Å². The summed E-state index contributed by atoms with van der Waals surface area (Å²) in [7, 11) is 0. The number of aldehydes is 1. The third-order valence-electron chi connectivity index (χ3n) is 8.47. The number of carbonyl (C=O) groups excluding carboxylic acids is 1. The minimum atomic E-state index is -2.57. The van der Waals surface area contributed by atoms with E-state index in [1.165, 1.54) is 119 Å². The molecule has 0 N–H and O–H groups in total. The van der Waals surface area contributed by atoms with Crippen molar-refractivity contribution in [3.05, 3.63) is 20.8 Å². The van der Waals surface area contributed by atoms with Crippen molar-refractivity contribution < 1.29 is 13.6 Å². The first-order chi connectivity index (χ1) is 19.8. The quantitative estimate of drug-likeness (QED) is 0.0877. The Morgan fingerprint density at radius 2 is 0.976 bits per heavy atom. The van der Waals surface area contributed by atoms with Gasteiger partial charge in [-0.15, -0.1) is 0 Å². The molecule has 9 heteroatoms. The molecular weight excluding hydrogens is 768 g/mol. The first kappa shape index (κ1) is 39.4. The molecule has 0 aliphatic carbocycles. The van der Waals surface area contributed by atoms with Crippen LogP contribution >= 0.6 is 22.7 Å². The van der Waals surface area contributed by atoms with Crippen molar-refractivity contribution in [3.8, 4) is 0 Å². The molecule has 0 aromatic carbocycles. The predicted octanol–water partition coefficient (Wildman–Crippen LogP) is 11.1. The Morgan fingerprint density at radius 1 is 0.634 bits per heavy atom. The Balaban J connectivity index is 0.000000410. The average Bonchev–Trinajstić information content (AvgIpc) is 3.69. The number of unbranched alkanes of at least 4 members (excludes halogenated alkanes) is 6. The molecule has 2 heterocycles. The second-order valence-corrected chi connectivity index (χ2v) is 39.6. The Labute approximate surface area is 266 Å². The third kappa shape index (κ3) is 13.5. The van der Waals surface area contributed by atoms with E-state index in [9.17, 15) is 13.6 Å². The van der Waals surface area contributed by atoms with E-state index in [1.807, 2.05) is 5.38 Å². The summed E-state index contributed by atoms with van der Waals surface area (Å²) >= 11 is -2.20. The van der Waals surface area contributed by atoms with Crippen molar-refractivity contribution in [1.29, 1.82) is 0 Å². The van der Waals surface area contributed by atoms with Crippen LogP contribution in [0.15, 0.2) is 10.8 Å². The fourth-order valence-corrected chi connectivity index (χ4v) is 41.5. The summed E-state index contributed by atoms with van der Waals surface area (Å²) in [5.74, 6) is 0. The average molecular weight is 826 g/mol. The fraction of sp³-hybridized carbons (Fsp3) is 0.781. The van der Waals surface area contributed by atoms with Gasteiger partial charge in [-0.05, 0) is 0 Å². The van der Waals surface area contributed by atoms with Gasteiger partial charge in [-0.1, -0.05) is 0 Å². The third-order valence-corrected chi connectivity index (χ3v) is 41.4. The van der Waals surface area contributed by atoms with Crippen molar-refractivity contribution in [2.75, 3.05) is 0 Å². The van der Waals surface area contributed by atoms with Crippen LogP contribution < -0.4 is 7.42 Å². The van der Waals surface area contributed by atoms with E-state index in [2.05, 4.69) is 51.9 Å². The van der Waals surface area contributed by atoms with Crippen LogP contribution in [0.5, 0.6) is 0 Å². The molecule has 0 unspecified atom stereocenters. The second kappa shape index (κ2) is 22.8. The van der Waals surface area contributed by atoms with E-state index < -0.39 is 43.2 Å². The van der Waals surface area contributed by atoms with Crippen LogP contribution in [0, 0.1) is 0 Å². The molecular formula is C32H58F2N2OS2Sn2. The molecule has 3 nitrogen and oxygen atoms in total. The number of hydrogen-bond acceptors (Lipinski definition) is 5. The molecule has 2 aromatic heterocycles. The molecule has 0 amide bonds. The van der Waals surface area contributed by atoms with Gasteiger partial charge in [-0.25, -0.2) is 0 Å². The van der Waals surface area contributed by atoms with Gasteiger partial charge in [0.1, 0.15) is 0 Å². The van der Waals surface area contributed by atoms with Gasteiger partial charge in [0.05, 0.1) is 0 Å². The number of halogens is 2. The van der Waals surface area contributed by atoms with Crippen molar-refractivity contribution >= 4 is 73.1 Å². The van der Waals surface area contributed by atoms with Crippen molar-refractivity contribution in [2.45, 2.75) is 152 Å². The van der Waals surface area contributed by atoms with Gasteiger partial charge in [0.15, 0.2) is 0 Å². The van der Waals surface area contributed by atoms with Gasteiger partial charge in [-0.3, -0.25) is 0 Å².